The van der Waals surface area contributed by atoms with Crippen molar-refractivity contribution in [3.8, 4) is 6.07 Å². The predicted molar refractivity (Wildman–Crippen MR) is 197 cm³/mol. The van der Waals surface area contributed by atoms with Gasteiger partial charge < -0.3 is 4.74 Å². The number of fused-ring (bicyclic) bond motifs is 2. The Hall–Kier alpha value is -3.41. The van der Waals surface area contributed by atoms with E-state index in [9.17, 15) is 26.9 Å². The molecule has 0 aliphatic heterocycles. The second kappa shape index (κ2) is 17.7. The quantitative estimate of drug-likeness (QED) is 0.143. The molecule has 2 atom stereocenters. The number of nitrogens with zero attached hydrogens (tertiary/aromatic N) is 3. The minimum atomic E-state index is -3.65. The standard InChI is InChI=1S/C18H21NO4S.C16H16N2O2S.CH4.Cl2OS/c1-3-23-18(20)16-5-4-6-17-15(16)11-12-19(17)24(21,22)14-9-7-13(2)8-10-14;1-12-5-7-14(8-6-12)21(19,20)18-10-9-15-13(11-17)3-2-4-16(15)18;;1-4(2)3/h7-12,16H,3-6H2,1-2H3;5-10,13H,2-4H2,1H3;1H4;. The molecule has 2 aliphatic rings. The molecule has 50 heavy (non-hydrogen) atoms. The van der Waals surface area contributed by atoms with Gasteiger partial charge in [0.25, 0.3) is 20.0 Å². The summed E-state index contributed by atoms with van der Waals surface area (Å²) in [5.41, 5.74) is 5.11. The summed E-state index contributed by atoms with van der Waals surface area (Å²) in [5, 5.41) is 9.19. The topological polar surface area (TPSA) is 145 Å². The number of hydrogen-bond donors (Lipinski definition) is 0. The van der Waals surface area contributed by atoms with E-state index in [1.807, 2.05) is 13.8 Å². The molecule has 15 heteroatoms. The Morgan fingerprint density at radius 2 is 1.24 bits per heavy atom. The predicted octanol–water partition coefficient (Wildman–Crippen LogP) is 7.67. The van der Waals surface area contributed by atoms with Crippen molar-refractivity contribution in [2.75, 3.05) is 6.61 Å². The minimum absolute atomic E-state index is 0. The number of halogens is 2. The first kappa shape index (κ1) is 41.0. The molecule has 0 bridgehead atoms. The van der Waals surface area contributed by atoms with Gasteiger partial charge in [-0.2, -0.15) is 5.26 Å². The molecule has 10 nitrogen and oxygen atoms in total. The summed E-state index contributed by atoms with van der Waals surface area (Å²) in [7, 11) is 0.129. The lowest BCUT2D eigenvalue weighted by molar-refractivity contribution is -0.145. The average molecular weight is 783 g/mol. The Kier molecular flexibility index (Phi) is 14.5. The number of carbonyl (C=O) groups is 1. The fourth-order valence-electron chi connectivity index (χ4n) is 6.04. The molecule has 0 N–H and O–H groups in total. The van der Waals surface area contributed by atoms with Crippen LogP contribution in [0.25, 0.3) is 0 Å². The molecule has 2 unspecified atom stereocenters. The number of benzene rings is 2. The molecule has 2 aliphatic carbocycles. The number of nitriles is 1. The van der Waals surface area contributed by atoms with E-state index in [2.05, 4.69) is 27.4 Å². The fourth-order valence-corrected chi connectivity index (χ4v) is 8.87. The zero-order chi connectivity index (χ0) is 35.9. The van der Waals surface area contributed by atoms with E-state index < -0.39 is 29.3 Å². The lowest BCUT2D eigenvalue weighted by atomic mass is 9.87. The van der Waals surface area contributed by atoms with Crippen molar-refractivity contribution in [3.63, 3.8) is 0 Å². The third kappa shape index (κ3) is 9.27. The molecule has 0 radical (unpaired) electrons. The highest BCUT2D eigenvalue weighted by molar-refractivity contribution is 8.26. The van der Waals surface area contributed by atoms with Gasteiger partial charge in [-0.25, -0.2) is 29.0 Å². The number of hydrogen-bond acceptors (Lipinski definition) is 8. The number of aryl methyl sites for hydroxylation is 2. The molecule has 0 saturated carbocycles. The van der Waals surface area contributed by atoms with Crippen LogP contribution in [0.3, 0.4) is 0 Å². The van der Waals surface area contributed by atoms with Crippen molar-refractivity contribution in [2.24, 2.45) is 0 Å². The zero-order valence-corrected chi connectivity index (χ0v) is 31.2. The molecule has 0 amide bonds. The molecule has 0 saturated heterocycles. The molecular weight excluding hydrogens is 742 g/mol. The number of rotatable bonds is 6. The van der Waals surface area contributed by atoms with E-state index in [-0.39, 0.29) is 35.0 Å². The SMILES string of the molecule is C.CCOC(=O)C1CCCc2c1ccn2S(=O)(=O)c1ccc(C)cc1.Cc1ccc(S(=O)(=O)n2ccc3c2CCCC3C#N)cc1.O=S(Cl)Cl. The summed E-state index contributed by atoms with van der Waals surface area (Å²) in [5.74, 6) is -0.838. The Morgan fingerprint density at radius 1 is 0.820 bits per heavy atom. The minimum Gasteiger partial charge on any atom is -0.466 e. The first-order valence-corrected chi connectivity index (χ1v) is 21.3. The van der Waals surface area contributed by atoms with E-state index in [1.165, 1.54) is 7.94 Å². The van der Waals surface area contributed by atoms with Crippen molar-refractivity contribution < 1.29 is 30.6 Å². The third-order valence-electron chi connectivity index (χ3n) is 8.42. The molecule has 2 heterocycles. The first-order chi connectivity index (χ1) is 23.2. The fraction of sp³-hybridized carbons (Fsp3) is 0.371. The van der Waals surface area contributed by atoms with Crippen LogP contribution in [0.15, 0.2) is 82.8 Å². The maximum Gasteiger partial charge on any atom is 0.313 e. The maximum absolute atomic E-state index is 12.9. The molecule has 4 aromatic rings. The van der Waals surface area contributed by atoms with Gasteiger partial charge in [0.05, 0.1) is 34.3 Å². The van der Waals surface area contributed by atoms with Gasteiger partial charge in [0, 0.05) is 45.1 Å². The summed E-state index contributed by atoms with van der Waals surface area (Å²) in [4.78, 5) is 12.7. The molecule has 2 aromatic heterocycles. The van der Waals surface area contributed by atoms with Gasteiger partial charge in [-0.3, -0.25) is 4.79 Å². The maximum atomic E-state index is 12.9. The van der Waals surface area contributed by atoms with Gasteiger partial charge in [0.2, 0.25) is 9.23 Å². The summed E-state index contributed by atoms with van der Waals surface area (Å²) in [6.07, 6.45) is 7.59. The van der Waals surface area contributed by atoms with Crippen LogP contribution in [0.4, 0.5) is 0 Å². The van der Waals surface area contributed by atoms with Crippen molar-refractivity contribution in [1.82, 2.24) is 7.94 Å². The molecule has 270 valence electrons. The number of aromatic nitrogens is 2. The van der Waals surface area contributed by atoms with E-state index in [0.29, 0.717) is 31.6 Å². The molecule has 0 fully saturated rings. The van der Waals surface area contributed by atoms with Gasteiger partial charge in [-0.05, 0) is 107 Å². The van der Waals surface area contributed by atoms with Gasteiger partial charge in [0.1, 0.15) is 0 Å². The Morgan fingerprint density at radius 3 is 1.68 bits per heavy atom. The van der Waals surface area contributed by atoms with E-state index in [4.69, 9.17) is 8.95 Å². The highest BCUT2D eigenvalue weighted by Gasteiger charge is 2.33. The second-order valence-electron chi connectivity index (χ2n) is 11.6. The molecule has 6 rings (SSSR count). The van der Waals surface area contributed by atoms with E-state index in [1.54, 1.807) is 80.0 Å². The second-order valence-corrected chi connectivity index (χ2v) is 17.8. The largest absolute Gasteiger partial charge is 0.466 e. The van der Waals surface area contributed by atoms with Crippen molar-refractivity contribution in [1.29, 1.82) is 5.26 Å². The van der Waals surface area contributed by atoms with Crippen LogP contribution >= 0.6 is 21.4 Å². The zero-order valence-electron chi connectivity index (χ0n) is 27.2. The Labute approximate surface area is 306 Å². The number of ether oxygens (including phenoxy) is 1. The molecule has 0 spiro atoms. The van der Waals surface area contributed by atoms with Crippen LogP contribution in [0.2, 0.25) is 0 Å². The van der Waals surface area contributed by atoms with Crippen LogP contribution in [0.5, 0.6) is 0 Å². The normalized spacial score (nSPS) is 16.6. The smallest absolute Gasteiger partial charge is 0.313 e. The van der Waals surface area contributed by atoms with Gasteiger partial charge in [-0.1, -0.05) is 42.8 Å². The van der Waals surface area contributed by atoms with Crippen LogP contribution in [-0.4, -0.2) is 41.6 Å². The Balaban J connectivity index is 0.000000242. The molecule has 2 aromatic carbocycles. The van der Waals surface area contributed by atoms with Crippen LogP contribution in [0.1, 0.15) is 85.5 Å². The summed E-state index contributed by atoms with van der Waals surface area (Å²) in [6.45, 7) is 5.94. The highest BCUT2D eigenvalue weighted by Crippen LogP contribution is 2.36. The van der Waals surface area contributed by atoms with Crippen molar-refractivity contribution in [2.45, 2.75) is 88.3 Å². The lowest BCUT2D eigenvalue weighted by Gasteiger charge is -2.22. The lowest BCUT2D eigenvalue weighted by Crippen LogP contribution is -2.23. The highest BCUT2D eigenvalue weighted by atomic mass is 36.0. The van der Waals surface area contributed by atoms with E-state index >= 15 is 0 Å². The van der Waals surface area contributed by atoms with E-state index in [0.717, 1.165) is 47.2 Å². The first-order valence-electron chi connectivity index (χ1n) is 15.6. The number of carbonyl (C=O) groups excluding carboxylic acids is 1. The van der Waals surface area contributed by atoms with Crippen LogP contribution in [0, 0.1) is 25.2 Å². The van der Waals surface area contributed by atoms with Crippen molar-refractivity contribution in [3.05, 3.63) is 107 Å². The molecular formula is C35H41Cl2N3O7S3. The monoisotopic (exact) mass is 781 g/mol. The van der Waals surface area contributed by atoms with Crippen LogP contribution < -0.4 is 0 Å². The summed E-state index contributed by atoms with van der Waals surface area (Å²) >= 11 is 0. The average Bonchev–Trinajstić information content (AvgIpc) is 3.71. The Bertz CT molecular complexity index is 2060. The van der Waals surface area contributed by atoms with Gasteiger partial charge in [-0.15, -0.1) is 0 Å². The van der Waals surface area contributed by atoms with Gasteiger partial charge in [0.15, 0.2) is 0 Å². The summed E-state index contributed by atoms with van der Waals surface area (Å²) < 4.78 is 68.2. The third-order valence-corrected chi connectivity index (χ3v) is 11.9. The van der Waals surface area contributed by atoms with Crippen molar-refractivity contribution >= 4 is 56.6 Å². The summed E-state index contributed by atoms with van der Waals surface area (Å²) in [6, 6.07) is 19.4. The van der Waals surface area contributed by atoms with Gasteiger partial charge >= 0.3 is 5.97 Å². The number of esters is 1. The van der Waals surface area contributed by atoms with Crippen LogP contribution in [-0.2, 0) is 51.6 Å².